The predicted molar refractivity (Wildman–Crippen MR) is 99.2 cm³/mol. The Morgan fingerprint density at radius 1 is 1.11 bits per heavy atom. The number of furan rings is 1. The smallest absolute Gasteiger partial charge is 0.464 e. The lowest BCUT2D eigenvalue weighted by Gasteiger charge is -2.32. The van der Waals surface area contributed by atoms with Crippen LogP contribution in [0.1, 0.15) is 40.2 Å². The third-order valence-electron chi connectivity index (χ3n) is 5.38. The summed E-state index contributed by atoms with van der Waals surface area (Å²) in [6.45, 7) is 8.67. The van der Waals surface area contributed by atoms with Crippen molar-refractivity contribution in [2.75, 3.05) is 6.54 Å². The normalized spacial score (nSPS) is 20.4. The van der Waals surface area contributed by atoms with Crippen molar-refractivity contribution in [2.45, 2.75) is 64.5 Å². The Balaban J connectivity index is 1.79. The fourth-order valence-corrected chi connectivity index (χ4v) is 3.08. The molecule has 0 saturated carbocycles. The number of alkyl halides is 3. The van der Waals surface area contributed by atoms with E-state index < -0.39 is 31.0 Å². The standard InChI is InChI=1S/C19H25BF3NO3/c1-12(24-11-19(21,22)23)8-13-10-25-16-7-6-14(9-15(13)16)20-26-17(2,3)18(4,5)27-20/h6-7,9-10,12,24H,8,11H2,1-5H3. The Hall–Kier alpha value is -1.51. The van der Waals surface area contributed by atoms with Gasteiger partial charge in [0.15, 0.2) is 0 Å². The fraction of sp³-hybridized carbons (Fsp3) is 0.579. The van der Waals surface area contributed by atoms with E-state index in [9.17, 15) is 13.2 Å². The van der Waals surface area contributed by atoms with Crippen LogP contribution in [-0.4, -0.2) is 37.1 Å². The Labute approximate surface area is 157 Å². The maximum Gasteiger partial charge on any atom is 0.494 e. The SMILES string of the molecule is CC(Cc1coc2ccc(B3OC(C)(C)C(C)(C)O3)cc12)NCC(F)(F)F. The van der Waals surface area contributed by atoms with E-state index in [0.29, 0.717) is 12.0 Å². The van der Waals surface area contributed by atoms with Crippen LogP contribution in [0.2, 0.25) is 0 Å². The number of rotatable bonds is 5. The van der Waals surface area contributed by atoms with Crippen molar-refractivity contribution >= 4 is 23.6 Å². The summed E-state index contributed by atoms with van der Waals surface area (Å²) in [6, 6.07) is 5.33. The van der Waals surface area contributed by atoms with Crippen LogP contribution >= 0.6 is 0 Å². The molecule has 0 amide bonds. The molecule has 1 atom stereocenters. The molecule has 1 aliphatic rings. The minimum atomic E-state index is -4.23. The van der Waals surface area contributed by atoms with Gasteiger partial charge >= 0.3 is 13.3 Å². The van der Waals surface area contributed by atoms with Gasteiger partial charge in [-0.1, -0.05) is 12.1 Å². The Bertz CT molecular complexity index is 800. The number of nitrogens with one attached hydrogen (secondary N) is 1. The molecule has 0 radical (unpaired) electrons. The Kier molecular flexibility index (Phi) is 5.12. The van der Waals surface area contributed by atoms with E-state index in [1.54, 1.807) is 13.2 Å². The van der Waals surface area contributed by atoms with E-state index in [0.717, 1.165) is 16.4 Å². The summed E-state index contributed by atoms with van der Waals surface area (Å²) < 4.78 is 54.9. The molecule has 1 fully saturated rings. The van der Waals surface area contributed by atoms with Gasteiger partial charge in [0.25, 0.3) is 0 Å². The molecule has 1 aromatic carbocycles. The van der Waals surface area contributed by atoms with Crippen LogP contribution in [-0.2, 0) is 15.7 Å². The number of hydrogen-bond acceptors (Lipinski definition) is 4. The van der Waals surface area contributed by atoms with E-state index in [2.05, 4.69) is 5.32 Å². The number of fused-ring (bicyclic) bond motifs is 1. The zero-order valence-electron chi connectivity index (χ0n) is 16.2. The van der Waals surface area contributed by atoms with Crippen molar-refractivity contribution in [2.24, 2.45) is 0 Å². The molecule has 0 spiro atoms. The van der Waals surface area contributed by atoms with E-state index >= 15 is 0 Å². The molecular formula is C19H25BF3NO3. The molecule has 1 unspecified atom stereocenters. The first kappa shape index (κ1) is 20.2. The quantitative estimate of drug-likeness (QED) is 0.798. The van der Waals surface area contributed by atoms with Crippen LogP contribution in [0, 0.1) is 0 Å². The molecule has 27 heavy (non-hydrogen) atoms. The second-order valence-corrected chi connectivity index (χ2v) is 8.21. The molecule has 148 valence electrons. The highest BCUT2D eigenvalue weighted by molar-refractivity contribution is 6.62. The topological polar surface area (TPSA) is 43.6 Å². The van der Waals surface area contributed by atoms with Crippen molar-refractivity contribution < 1.29 is 26.9 Å². The molecule has 3 rings (SSSR count). The predicted octanol–water partition coefficient (Wildman–Crippen LogP) is 3.81. The summed E-state index contributed by atoms with van der Waals surface area (Å²) in [4.78, 5) is 0. The van der Waals surface area contributed by atoms with Crippen LogP contribution in [0.15, 0.2) is 28.9 Å². The van der Waals surface area contributed by atoms with Gasteiger partial charge in [0.05, 0.1) is 24.0 Å². The van der Waals surface area contributed by atoms with Gasteiger partial charge in [-0.05, 0) is 58.1 Å². The highest BCUT2D eigenvalue weighted by Gasteiger charge is 2.51. The number of halogens is 3. The summed E-state index contributed by atoms with van der Waals surface area (Å²) in [6.07, 6.45) is -2.20. The van der Waals surface area contributed by atoms with Crippen LogP contribution in [0.25, 0.3) is 11.0 Å². The van der Waals surface area contributed by atoms with Gasteiger partial charge in [-0.3, -0.25) is 0 Å². The molecular weight excluding hydrogens is 358 g/mol. The minimum absolute atomic E-state index is 0.340. The van der Waals surface area contributed by atoms with Gasteiger partial charge in [-0.2, -0.15) is 13.2 Å². The maximum atomic E-state index is 12.4. The van der Waals surface area contributed by atoms with Crippen molar-refractivity contribution in [1.29, 1.82) is 0 Å². The number of benzene rings is 1. The Morgan fingerprint density at radius 3 is 2.33 bits per heavy atom. The summed E-state index contributed by atoms with van der Waals surface area (Å²) in [5.74, 6) is 0. The zero-order valence-corrected chi connectivity index (χ0v) is 16.2. The maximum absolute atomic E-state index is 12.4. The minimum Gasteiger partial charge on any atom is -0.464 e. The van der Waals surface area contributed by atoms with Crippen LogP contribution < -0.4 is 10.8 Å². The van der Waals surface area contributed by atoms with Gasteiger partial charge in [0.2, 0.25) is 0 Å². The third-order valence-corrected chi connectivity index (χ3v) is 5.38. The molecule has 8 heteroatoms. The summed E-state index contributed by atoms with van der Waals surface area (Å²) in [7, 11) is -0.497. The monoisotopic (exact) mass is 383 g/mol. The molecule has 1 aromatic heterocycles. The number of hydrogen-bond donors (Lipinski definition) is 1. The lowest BCUT2D eigenvalue weighted by Crippen LogP contribution is -2.41. The first-order valence-corrected chi connectivity index (χ1v) is 9.04. The summed E-state index contributed by atoms with van der Waals surface area (Å²) in [5.41, 5.74) is 1.52. The van der Waals surface area contributed by atoms with Gasteiger partial charge < -0.3 is 19.0 Å². The van der Waals surface area contributed by atoms with Crippen molar-refractivity contribution in [1.82, 2.24) is 5.32 Å². The van der Waals surface area contributed by atoms with Crippen molar-refractivity contribution in [3.8, 4) is 0 Å². The lowest BCUT2D eigenvalue weighted by atomic mass is 9.78. The van der Waals surface area contributed by atoms with Crippen LogP contribution in [0.3, 0.4) is 0 Å². The van der Waals surface area contributed by atoms with Crippen LogP contribution in [0.5, 0.6) is 0 Å². The van der Waals surface area contributed by atoms with Gasteiger partial charge in [0, 0.05) is 11.4 Å². The first-order valence-electron chi connectivity index (χ1n) is 9.04. The highest BCUT2D eigenvalue weighted by Crippen LogP contribution is 2.36. The summed E-state index contributed by atoms with van der Waals surface area (Å²) in [5, 5.41) is 3.36. The average molecular weight is 383 g/mol. The molecule has 1 N–H and O–H groups in total. The lowest BCUT2D eigenvalue weighted by molar-refractivity contribution is -0.126. The van der Waals surface area contributed by atoms with Gasteiger partial charge in [0.1, 0.15) is 5.58 Å². The van der Waals surface area contributed by atoms with Crippen molar-refractivity contribution in [3.63, 3.8) is 0 Å². The third kappa shape index (κ3) is 4.33. The largest absolute Gasteiger partial charge is 0.494 e. The first-order chi connectivity index (χ1) is 12.4. The fourth-order valence-electron chi connectivity index (χ4n) is 3.08. The molecule has 4 nitrogen and oxygen atoms in total. The zero-order chi connectivity index (χ0) is 20.0. The second-order valence-electron chi connectivity index (χ2n) is 8.21. The van der Waals surface area contributed by atoms with Crippen LogP contribution in [0.4, 0.5) is 13.2 Å². The average Bonchev–Trinajstić information content (AvgIpc) is 3.02. The Morgan fingerprint density at radius 2 is 1.74 bits per heavy atom. The van der Waals surface area contributed by atoms with E-state index in [-0.39, 0.29) is 6.04 Å². The van der Waals surface area contributed by atoms with E-state index in [1.165, 1.54) is 0 Å². The summed E-state index contributed by atoms with van der Waals surface area (Å²) >= 11 is 0. The highest BCUT2D eigenvalue weighted by atomic mass is 19.4. The van der Waals surface area contributed by atoms with Gasteiger partial charge in [-0.25, -0.2) is 0 Å². The molecule has 0 bridgehead atoms. The van der Waals surface area contributed by atoms with Gasteiger partial charge in [-0.15, -0.1) is 0 Å². The van der Waals surface area contributed by atoms with Crippen molar-refractivity contribution in [3.05, 3.63) is 30.0 Å². The molecule has 2 heterocycles. The second kappa shape index (κ2) is 6.83. The van der Waals surface area contributed by atoms with E-state index in [4.69, 9.17) is 13.7 Å². The molecule has 2 aromatic rings. The molecule has 1 saturated heterocycles. The molecule has 0 aliphatic carbocycles. The van der Waals surface area contributed by atoms with E-state index in [1.807, 2.05) is 45.9 Å². The molecule has 1 aliphatic heterocycles.